The maximum absolute atomic E-state index is 9.77. The van der Waals surface area contributed by atoms with Crippen LogP contribution < -0.4 is 4.74 Å². The molecule has 5 heteroatoms. The number of nitrogens with zero attached hydrogens (tertiary/aromatic N) is 1. The topological polar surface area (TPSA) is 41.9 Å². The molecule has 1 aromatic rings. The zero-order chi connectivity index (χ0) is 13.1. The SMILES string of the molecule is COc1cc(CN2CCOCC2C)cc(Br)c1O. The molecule has 1 fully saturated rings. The van der Waals surface area contributed by atoms with Gasteiger partial charge in [0.05, 0.1) is 24.8 Å². The molecule has 0 aliphatic carbocycles. The van der Waals surface area contributed by atoms with E-state index in [1.54, 1.807) is 7.11 Å². The Hall–Kier alpha value is -0.780. The number of halogens is 1. The third kappa shape index (κ3) is 2.96. The Balaban J connectivity index is 2.15. The Labute approximate surface area is 116 Å². The van der Waals surface area contributed by atoms with Crippen LogP contribution >= 0.6 is 15.9 Å². The molecule has 1 unspecified atom stereocenters. The fraction of sp³-hybridized carbons (Fsp3) is 0.538. The van der Waals surface area contributed by atoms with Gasteiger partial charge in [0, 0.05) is 19.1 Å². The summed E-state index contributed by atoms with van der Waals surface area (Å²) in [4.78, 5) is 2.36. The standard InChI is InChI=1S/C13H18BrNO3/c1-9-8-18-4-3-15(9)7-10-5-11(14)13(16)12(6-10)17-2/h5-6,9,16H,3-4,7-8H2,1-2H3. The van der Waals surface area contributed by atoms with Gasteiger partial charge in [-0.2, -0.15) is 0 Å². The monoisotopic (exact) mass is 315 g/mol. The molecule has 18 heavy (non-hydrogen) atoms. The van der Waals surface area contributed by atoms with Crippen molar-refractivity contribution in [2.24, 2.45) is 0 Å². The fourth-order valence-corrected chi connectivity index (χ4v) is 2.59. The molecule has 4 nitrogen and oxygen atoms in total. The predicted molar refractivity (Wildman–Crippen MR) is 73.0 cm³/mol. The molecular weight excluding hydrogens is 298 g/mol. The van der Waals surface area contributed by atoms with Gasteiger partial charge >= 0.3 is 0 Å². The minimum absolute atomic E-state index is 0.149. The summed E-state index contributed by atoms with van der Waals surface area (Å²) in [5, 5.41) is 9.77. The highest BCUT2D eigenvalue weighted by molar-refractivity contribution is 9.10. The Bertz CT molecular complexity index is 425. The van der Waals surface area contributed by atoms with E-state index in [0.717, 1.165) is 31.9 Å². The summed E-state index contributed by atoms with van der Waals surface area (Å²) in [5.41, 5.74) is 1.12. The lowest BCUT2D eigenvalue weighted by molar-refractivity contribution is -0.00440. The molecule has 1 aliphatic rings. The van der Waals surface area contributed by atoms with Gasteiger partial charge in [0.25, 0.3) is 0 Å². The lowest BCUT2D eigenvalue weighted by Gasteiger charge is -2.33. The molecule has 0 spiro atoms. The van der Waals surface area contributed by atoms with Gasteiger partial charge in [-0.25, -0.2) is 0 Å². The molecule has 2 rings (SSSR count). The van der Waals surface area contributed by atoms with Gasteiger partial charge in [-0.05, 0) is 40.5 Å². The van der Waals surface area contributed by atoms with Crippen LogP contribution in [0.5, 0.6) is 11.5 Å². The first-order chi connectivity index (χ1) is 8.61. The maximum atomic E-state index is 9.77. The van der Waals surface area contributed by atoms with E-state index in [-0.39, 0.29) is 5.75 Å². The number of methoxy groups -OCH3 is 1. The van der Waals surface area contributed by atoms with Gasteiger partial charge in [-0.15, -0.1) is 0 Å². The van der Waals surface area contributed by atoms with Gasteiger partial charge in [-0.3, -0.25) is 4.90 Å². The fourth-order valence-electron chi connectivity index (χ4n) is 2.11. The summed E-state index contributed by atoms with van der Waals surface area (Å²) in [6.07, 6.45) is 0. The van der Waals surface area contributed by atoms with E-state index >= 15 is 0 Å². The van der Waals surface area contributed by atoms with Gasteiger partial charge in [-0.1, -0.05) is 0 Å². The van der Waals surface area contributed by atoms with Crippen molar-refractivity contribution in [2.45, 2.75) is 19.5 Å². The van der Waals surface area contributed by atoms with Crippen molar-refractivity contribution in [3.63, 3.8) is 0 Å². The van der Waals surface area contributed by atoms with Crippen molar-refractivity contribution in [1.29, 1.82) is 0 Å². The van der Waals surface area contributed by atoms with E-state index in [1.807, 2.05) is 12.1 Å². The van der Waals surface area contributed by atoms with Gasteiger partial charge in [0.1, 0.15) is 0 Å². The first-order valence-corrected chi connectivity index (χ1v) is 6.78. The maximum Gasteiger partial charge on any atom is 0.172 e. The van der Waals surface area contributed by atoms with Crippen LogP contribution in [0.4, 0.5) is 0 Å². The van der Waals surface area contributed by atoms with Crippen molar-refractivity contribution < 1.29 is 14.6 Å². The molecule has 1 aromatic carbocycles. The van der Waals surface area contributed by atoms with Crippen LogP contribution in [-0.2, 0) is 11.3 Å². The highest BCUT2D eigenvalue weighted by atomic mass is 79.9. The summed E-state index contributed by atoms with van der Waals surface area (Å²) >= 11 is 3.34. The Kier molecular flexibility index (Phi) is 4.48. The molecule has 1 saturated heterocycles. The van der Waals surface area contributed by atoms with Crippen molar-refractivity contribution >= 4 is 15.9 Å². The highest BCUT2D eigenvalue weighted by Crippen LogP contribution is 2.35. The number of phenolic OH excluding ortho intramolecular Hbond substituents is 1. The first-order valence-electron chi connectivity index (χ1n) is 5.99. The number of benzene rings is 1. The van der Waals surface area contributed by atoms with Crippen molar-refractivity contribution in [3.8, 4) is 11.5 Å². The van der Waals surface area contributed by atoms with E-state index < -0.39 is 0 Å². The van der Waals surface area contributed by atoms with E-state index in [0.29, 0.717) is 16.3 Å². The third-order valence-electron chi connectivity index (χ3n) is 3.20. The average Bonchev–Trinajstić information content (AvgIpc) is 2.36. The van der Waals surface area contributed by atoms with Crippen LogP contribution in [0.2, 0.25) is 0 Å². The largest absolute Gasteiger partial charge is 0.503 e. The number of rotatable bonds is 3. The molecule has 0 bridgehead atoms. The summed E-state index contributed by atoms with van der Waals surface area (Å²) in [6.45, 7) is 5.48. The number of morpholine rings is 1. The zero-order valence-electron chi connectivity index (χ0n) is 10.6. The summed E-state index contributed by atoms with van der Waals surface area (Å²) in [5.74, 6) is 0.650. The molecule has 0 radical (unpaired) electrons. The third-order valence-corrected chi connectivity index (χ3v) is 3.80. The molecule has 1 atom stereocenters. The lowest BCUT2D eigenvalue weighted by Crippen LogP contribution is -2.42. The van der Waals surface area contributed by atoms with Crippen LogP contribution in [0.3, 0.4) is 0 Å². The molecule has 0 aromatic heterocycles. The number of aromatic hydroxyl groups is 1. The number of ether oxygens (including phenoxy) is 2. The number of hydrogen-bond acceptors (Lipinski definition) is 4. The predicted octanol–water partition coefficient (Wildman–Crippen LogP) is 2.38. The number of phenols is 1. The van der Waals surface area contributed by atoms with Crippen molar-refractivity contribution in [3.05, 3.63) is 22.2 Å². The van der Waals surface area contributed by atoms with Crippen molar-refractivity contribution in [1.82, 2.24) is 4.90 Å². The van der Waals surface area contributed by atoms with Crippen LogP contribution in [0.25, 0.3) is 0 Å². The van der Waals surface area contributed by atoms with Gasteiger partial charge < -0.3 is 14.6 Å². The number of hydrogen-bond donors (Lipinski definition) is 1. The van der Waals surface area contributed by atoms with Crippen LogP contribution in [0, 0.1) is 0 Å². The van der Waals surface area contributed by atoms with Gasteiger partial charge in [0.2, 0.25) is 0 Å². The van der Waals surface area contributed by atoms with Crippen LogP contribution in [0.15, 0.2) is 16.6 Å². The Morgan fingerprint density at radius 2 is 2.33 bits per heavy atom. The molecule has 1 aliphatic heterocycles. The molecule has 0 amide bonds. The molecule has 1 heterocycles. The first kappa shape index (κ1) is 13.6. The second kappa shape index (κ2) is 5.91. The minimum atomic E-state index is 0.149. The molecule has 100 valence electrons. The molecular formula is C13H18BrNO3. The van der Waals surface area contributed by atoms with Gasteiger partial charge in [0.15, 0.2) is 11.5 Å². The summed E-state index contributed by atoms with van der Waals surface area (Å²) in [7, 11) is 1.56. The highest BCUT2D eigenvalue weighted by Gasteiger charge is 2.19. The average molecular weight is 316 g/mol. The lowest BCUT2D eigenvalue weighted by atomic mass is 10.1. The Morgan fingerprint density at radius 1 is 1.56 bits per heavy atom. The second-order valence-electron chi connectivity index (χ2n) is 4.52. The summed E-state index contributed by atoms with van der Waals surface area (Å²) in [6, 6.07) is 4.22. The van der Waals surface area contributed by atoms with Crippen molar-refractivity contribution in [2.75, 3.05) is 26.9 Å². The minimum Gasteiger partial charge on any atom is -0.503 e. The van der Waals surface area contributed by atoms with E-state index in [9.17, 15) is 5.11 Å². The summed E-state index contributed by atoms with van der Waals surface area (Å²) < 4.78 is 11.2. The molecule has 1 N–H and O–H groups in total. The smallest absolute Gasteiger partial charge is 0.172 e. The van der Waals surface area contributed by atoms with Crippen LogP contribution in [0.1, 0.15) is 12.5 Å². The van der Waals surface area contributed by atoms with E-state index in [1.165, 1.54) is 0 Å². The second-order valence-corrected chi connectivity index (χ2v) is 5.38. The quantitative estimate of drug-likeness (QED) is 0.930. The van der Waals surface area contributed by atoms with Crippen LogP contribution in [-0.4, -0.2) is 42.9 Å². The van der Waals surface area contributed by atoms with E-state index in [2.05, 4.69) is 27.8 Å². The molecule has 0 saturated carbocycles. The zero-order valence-corrected chi connectivity index (χ0v) is 12.2. The Morgan fingerprint density at radius 3 is 3.00 bits per heavy atom. The normalized spacial score (nSPS) is 20.9. The van der Waals surface area contributed by atoms with E-state index in [4.69, 9.17) is 9.47 Å².